The summed E-state index contributed by atoms with van der Waals surface area (Å²) in [5, 5.41) is 3.33. The van der Waals surface area contributed by atoms with Gasteiger partial charge in [0.15, 0.2) is 0 Å². The Labute approximate surface area is 234 Å². The topological polar surface area (TPSA) is 109 Å². The van der Waals surface area contributed by atoms with Gasteiger partial charge in [-0.3, -0.25) is 14.1 Å². The van der Waals surface area contributed by atoms with E-state index >= 15 is 0 Å². The average molecular weight is 596 g/mol. The zero-order valence-electron chi connectivity index (χ0n) is 19.7. The standard InChI is InChI=1S/C25H21Cl3N4O5S/c26-16-3-1-4-18(10-16)38(35,36)32-14-15(13-31-7-8-37-25(31)34)9-21-22(32)11-17(12-29-21)30-24(33)23-19(27)5-2-6-20(23)28/h1-6,10-12,15H,7-9,13-14H2,(H,30,33). The highest BCUT2D eigenvalue weighted by atomic mass is 35.5. The minimum atomic E-state index is -4.07. The molecule has 0 saturated carbocycles. The van der Waals surface area contributed by atoms with Crippen LogP contribution in [0.2, 0.25) is 15.1 Å². The number of cyclic esters (lactones) is 1. The Bertz CT molecular complexity index is 1510. The van der Waals surface area contributed by atoms with Gasteiger partial charge in [0.05, 0.1) is 50.3 Å². The van der Waals surface area contributed by atoms with E-state index in [0.29, 0.717) is 37.5 Å². The fraction of sp³-hybridized carbons (Fsp3) is 0.240. The lowest BCUT2D eigenvalue weighted by Gasteiger charge is -2.36. The molecule has 1 saturated heterocycles. The number of carbonyl (C=O) groups is 2. The van der Waals surface area contributed by atoms with Gasteiger partial charge in [0.25, 0.3) is 15.9 Å². The average Bonchev–Trinajstić information content (AvgIpc) is 3.27. The highest BCUT2D eigenvalue weighted by molar-refractivity contribution is 7.92. The molecule has 13 heteroatoms. The molecule has 1 N–H and O–H groups in total. The minimum Gasteiger partial charge on any atom is -0.448 e. The second-order valence-corrected chi connectivity index (χ2v) is 12.0. The van der Waals surface area contributed by atoms with E-state index in [-0.39, 0.29) is 43.7 Å². The summed E-state index contributed by atoms with van der Waals surface area (Å²) in [6, 6.07) is 12.2. The molecule has 2 aliphatic heterocycles. The normalized spacial score (nSPS) is 17.2. The van der Waals surface area contributed by atoms with Crippen LogP contribution in [0.3, 0.4) is 0 Å². The van der Waals surface area contributed by atoms with Crippen LogP contribution in [-0.2, 0) is 21.2 Å². The van der Waals surface area contributed by atoms with Crippen molar-refractivity contribution in [1.29, 1.82) is 0 Å². The van der Waals surface area contributed by atoms with Gasteiger partial charge < -0.3 is 15.0 Å². The molecule has 198 valence electrons. The predicted octanol–water partition coefficient (Wildman–Crippen LogP) is 5.11. The Hall–Kier alpha value is -3.05. The number of fused-ring (bicyclic) bond motifs is 1. The van der Waals surface area contributed by atoms with Crippen molar-refractivity contribution in [2.75, 3.05) is 35.9 Å². The van der Waals surface area contributed by atoms with Crippen molar-refractivity contribution in [3.8, 4) is 0 Å². The second-order valence-electron chi connectivity index (χ2n) is 8.86. The number of benzene rings is 2. The van der Waals surface area contributed by atoms with E-state index in [1.165, 1.54) is 22.6 Å². The van der Waals surface area contributed by atoms with Gasteiger partial charge in [-0.2, -0.15) is 0 Å². The molecule has 1 fully saturated rings. The first kappa shape index (κ1) is 26.6. The van der Waals surface area contributed by atoms with Gasteiger partial charge in [-0.25, -0.2) is 13.2 Å². The number of anilines is 2. The molecule has 0 aliphatic carbocycles. The Balaban J connectivity index is 1.51. The van der Waals surface area contributed by atoms with E-state index < -0.39 is 22.0 Å². The molecule has 9 nitrogen and oxygen atoms in total. The molecule has 1 unspecified atom stereocenters. The van der Waals surface area contributed by atoms with E-state index in [0.717, 1.165) is 0 Å². The van der Waals surface area contributed by atoms with Gasteiger partial charge in [0, 0.05) is 24.0 Å². The number of nitrogens with zero attached hydrogens (tertiary/aromatic N) is 3. The molecule has 1 atom stereocenters. The van der Waals surface area contributed by atoms with Crippen molar-refractivity contribution in [2.45, 2.75) is 11.3 Å². The predicted molar refractivity (Wildman–Crippen MR) is 145 cm³/mol. The van der Waals surface area contributed by atoms with Crippen LogP contribution in [0.1, 0.15) is 16.1 Å². The molecule has 3 aromatic rings. The minimum absolute atomic E-state index is 0.00877. The van der Waals surface area contributed by atoms with E-state index in [1.54, 1.807) is 41.3 Å². The van der Waals surface area contributed by atoms with E-state index in [4.69, 9.17) is 39.5 Å². The van der Waals surface area contributed by atoms with Crippen LogP contribution in [0.15, 0.2) is 59.6 Å². The third-order valence-corrected chi connectivity index (χ3v) is 8.92. The first-order valence-electron chi connectivity index (χ1n) is 11.6. The van der Waals surface area contributed by atoms with Gasteiger partial charge in [0.1, 0.15) is 6.61 Å². The van der Waals surface area contributed by atoms with Gasteiger partial charge in [0.2, 0.25) is 0 Å². The third-order valence-electron chi connectivity index (χ3n) is 6.28. The number of hydrogen-bond acceptors (Lipinski definition) is 6. The number of carbonyl (C=O) groups excluding carboxylic acids is 2. The van der Waals surface area contributed by atoms with Gasteiger partial charge >= 0.3 is 6.09 Å². The van der Waals surface area contributed by atoms with Gasteiger partial charge in [-0.05, 0) is 42.8 Å². The molecule has 0 radical (unpaired) electrons. The highest BCUT2D eigenvalue weighted by Crippen LogP contribution is 2.36. The number of aromatic nitrogens is 1. The maximum atomic E-state index is 13.8. The molecule has 0 bridgehead atoms. The molecule has 0 spiro atoms. The van der Waals surface area contributed by atoms with Gasteiger partial charge in [-0.15, -0.1) is 0 Å². The van der Waals surface area contributed by atoms with Crippen molar-refractivity contribution in [3.63, 3.8) is 0 Å². The summed E-state index contributed by atoms with van der Waals surface area (Å²) in [7, 11) is -4.07. The van der Waals surface area contributed by atoms with Crippen LogP contribution in [0.25, 0.3) is 0 Å². The maximum Gasteiger partial charge on any atom is 0.409 e. The summed E-state index contributed by atoms with van der Waals surface area (Å²) in [6.07, 6.45) is 1.44. The Morgan fingerprint density at radius 3 is 2.53 bits per heavy atom. The number of halogens is 3. The van der Waals surface area contributed by atoms with Gasteiger partial charge in [-0.1, -0.05) is 46.9 Å². The fourth-order valence-corrected chi connectivity index (χ4v) is 6.94. The Morgan fingerprint density at radius 1 is 1.11 bits per heavy atom. The van der Waals surface area contributed by atoms with Crippen molar-refractivity contribution in [1.82, 2.24) is 9.88 Å². The Kier molecular flexibility index (Phi) is 7.41. The number of rotatable bonds is 6. The number of hydrogen-bond donors (Lipinski definition) is 1. The third kappa shape index (κ3) is 5.26. The SMILES string of the molecule is O=C(Nc1cnc2c(c1)N(S(=O)(=O)c1cccc(Cl)c1)CC(CN1CCOC1=O)C2)c1c(Cl)cccc1Cl. The monoisotopic (exact) mass is 594 g/mol. The number of nitrogens with one attached hydrogen (secondary N) is 1. The smallest absolute Gasteiger partial charge is 0.409 e. The van der Waals surface area contributed by atoms with Crippen molar-refractivity contribution in [3.05, 3.63) is 81.1 Å². The summed E-state index contributed by atoms with van der Waals surface area (Å²) in [4.78, 5) is 31.0. The first-order chi connectivity index (χ1) is 18.1. The lowest BCUT2D eigenvalue weighted by Crippen LogP contribution is -2.44. The van der Waals surface area contributed by atoms with E-state index in [9.17, 15) is 18.0 Å². The van der Waals surface area contributed by atoms with E-state index in [1.807, 2.05) is 0 Å². The summed E-state index contributed by atoms with van der Waals surface area (Å²) in [5.41, 5.74) is 1.17. The van der Waals surface area contributed by atoms with Crippen LogP contribution in [0, 0.1) is 5.92 Å². The number of sulfonamides is 1. The summed E-state index contributed by atoms with van der Waals surface area (Å²) >= 11 is 18.4. The molecule has 2 aliphatic rings. The number of amides is 2. The van der Waals surface area contributed by atoms with Crippen molar-refractivity contribution < 1.29 is 22.7 Å². The zero-order valence-corrected chi connectivity index (χ0v) is 22.8. The van der Waals surface area contributed by atoms with Crippen LogP contribution in [0.4, 0.5) is 16.2 Å². The molecule has 1 aromatic heterocycles. The van der Waals surface area contributed by atoms with E-state index in [2.05, 4.69) is 10.3 Å². The summed E-state index contributed by atoms with van der Waals surface area (Å²) < 4.78 is 33.9. The molecule has 2 amide bonds. The molecular formula is C25H21Cl3N4O5S. The second kappa shape index (κ2) is 10.6. The largest absolute Gasteiger partial charge is 0.448 e. The summed E-state index contributed by atoms with van der Waals surface area (Å²) in [5.74, 6) is -0.801. The zero-order chi connectivity index (χ0) is 27.0. The molecule has 3 heterocycles. The first-order valence-corrected chi connectivity index (χ1v) is 14.1. The number of pyridine rings is 1. The fourth-order valence-electron chi connectivity index (χ4n) is 4.51. The molecule has 38 heavy (non-hydrogen) atoms. The quantitative estimate of drug-likeness (QED) is 0.424. The molecule has 5 rings (SSSR count). The van der Waals surface area contributed by atoms with Crippen LogP contribution in [0.5, 0.6) is 0 Å². The van der Waals surface area contributed by atoms with Crippen molar-refractivity contribution >= 4 is 68.2 Å². The van der Waals surface area contributed by atoms with Crippen LogP contribution < -0.4 is 9.62 Å². The lowest BCUT2D eigenvalue weighted by molar-refractivity contribution is 0.102. The lowest BCUT2D eigenvalue weighted by atomic mass is 9.97. The Morgan fingerprint density at radius 2 is 1.84 bits per heavy atom. The molecule has 2 aromatic carbocycles. The number of ether oxygens (including phenoxy) is 1. The van der Waals surface area contributed by atoms with Crippen LogP contribution in [-0.4, -0.2) is 56.5 Å². The maximum absolute atomic E-state index is 13.8. The highest BCUT2D eigenvalue weighted by Gasteiger charge is 2.37. The molecular weight excluding hydrogens is 575 g/mol. The summed E-state index contributed by atoms with van der Waals surface area (Å²) in [6.45, 7) is 1.13. The van der Waals surface area contributed by atoms with Crippen LogP contribution >= 0.6 is 34.8 Å². The van der Waals surface area contributed by atoms with Crippen molar-refractivity contribution in [2.24, 2.45) is 5.92 Å².